The molecular formula is C21H24O4. The molecule has 2 atom stereocenters. The lowest BCUT2D eigenvalue weighted by molar-refractivity contribution is -0.136. The highest BCUT2D eigenvalue weighted by Gasteiger charge is 2.45. The quantitative estimate of drug-likeness (QED) is 0.826. The molecule has 0 spiro atoms. The molecule has 2 aliphatic rings. The van der Waals surface area contributed by atoms with Crippen molar-refractivity contribution in [1.82, 2.24) is 0 Å². The predicted octanol–water partition coefficient (Wildman–Crippen LogP) is 3.54. The zero-order valence-corrected chi connectivity index (χ0v) is 14.7. The largest absolute Gasteiger partial charge is 0.481 e. The lowest BCUT2D eigenvalue weighted by Gasteiger charge is -2.45. The van der Waals surface area contributed by atoms with E-state index in [1.165, 1.54) is 0 Å². The molecule has 0 bridgehead atoms. The van der Waals surface area contributed by atoms with E-state index in [4.69, 9.17) is 5.11 Å². The van der Waals surface area contributed by atoms with Crippen LogP contribution in [0.1, 0.15) is 50.7 Å². The lowest BCUT2D eigenvalue weighted by atomic mass is 9.61. The van der Waals surface area contributed by atoms with Gasteiger partial charge in [-0.1, -0.05) is 36.8 Å². The lowest BCUT2D eigenvalue weighted by Crippen LogP contribution is -2.42. The number of hydrogen-bond donors (Lipinski definition) is 2. The molecule has 132 valence electrons. The molecule has 1 saturated carbocycles. The fourth-order valence-corrected chi connectivity index (χ4v) is 4.26. The van der Waals surface area contributed by atoms with E-state index in [9.17, 15) is 14.7 Å². The van der Waals surface area contributed by atoms with Crippen LogP contribution in [0.2, 0.25) is 0 Å². The van der Waals surface area contributed by atoms with Gasteiger partial charge in [0.1, 0.15) is 0 Å². The Morgan fingerprint density at radius 2 is 2.16 bits per heavy atom. The molecular weight excluding hydrogens is 316 g/mol. The Bertz CT molecular complexity index is 787. The number of carbonyl (C=O) groups excluding carboxylic acids is 1. The van der Waals surface area contributed by atoms with Gasteiger partial charge in [0.15, 0.2) is 5.78 Å². The second kappa shape index (κ2) is 6.60. The van der Waals surface area contributed by atoms with E-state index in [0.29, 0.717) is 17.6 Å². The van der Waals surface area contributed by atoms with Crippen molar-refractivity contribution in [2.45, 2.75) is 52.1 Å². The van der Waals surface area contributed by atoms with Crippen LogP contribution in [0.25, 0.3) is 6.08 Å². The molecule has 0 radical (unpaired) electrons. The van der Waals surface area contributed by atoms with E-state index in [1.54, 1.807) is 6.07 Å². The molecule has 2 N–H and O–H groups in total. The molecule has 0 amide bonds. The first-order valence-electron chi connectivity index (χ1n) is 8.75. The number of fused-ring (bicyclic) bond motifs is 1. The number of allylic oxidation sites excluding steroid dienone is 2. The van der Waals surface area contributed by atoms with Crippen molar-refractivity contribution in [3.8, 4) is 0 Å². The van der Waals surface area contributed by atoms with Crippen LogP contribution < -0.4 is 0 Å². The third-order valence-electron chi connectivity index (χ3n) is 5.62. The second-order valence-electron chi connectivity index (χ2n) is 7.42. The first kappa shape index (κ1) is 17.6. The summed E-state index contributed by atoms with van der Waals surface area (Å²) in [5, 5.41) is 19.5. The summed E-state index contributed by atoms with van der Waals surface area (Å²) >= 11 is 0. The number of carboxylic acids is 1. The number of hydrogen-bond acceptors (Lipinski definition) is 3. The maximum atomic E-state index is 12.8. The number of ketones is 1. The van der Waals surface area contributed by atoms with E-state index >= 15 is 0 Å². The fraction of sp³-hybridized carbons (Fsp3) is 0.429. The van der Waals surface area contributed by atoms with Crippen LogP contribution in [0.5, 0.6) is 0 Å². The highest BCUT2D eigenvalue weighted by atomic mass is 16.4. The number of carbonyl (C=O) groups is 2. The summed E-state index contributed by atoms with van der Waals surface area (Å²) < 4.78 is 0. The highest BCUT2D eigenvalue weighted by Crippen LogP contribution is 2.50. The predicted molar refractivity (Wildman–Crippen MR) is 96.0 cm³/mol. The molecule has 0 saturated heterocycles. The van der Waals surface area contributed by atoms with Gasteiger partial charge in [-0.25, -0.2) is 0 Å². The van der Waals surface area contributed by atoms with Crippen LogP contribution in [0.4, 0.5) is 0 Å². The number of benzene rings is 1. The third-order valence-corrected chi connectivity index (χ3v) is 5.62. The summed E-state index contributed by atoms with van der Waals surface area (Å²) in [4.78, 5) is 23.7. The minimum absolute atomic E-state index is 0.0372. The van der Waals surface area contributed by atoms with Gasteiger partial charge in [0.25, 0.3) is 0 Å². The Hall–Kier alpha value is -2.20. The Morgan fingerprint density at radius 1 is 1.40 bits per heavy atom. The standard InChI is InChI=1S/C21H24O4/c1-13-17-7-4-8-18(22)21(17,2)12-16(20(13)25)10-14-5-3-6-15(9-14)11-19(23)24/h3,5-6,9-10,18,22H,4,7-8,11-12H2,1-2H3,(H,23,24)/b16-10+/t18-,21-/m0/s1. The molecule has 0 aliphatic heterocycles. The summed E-state index contributed by atoms with van der Waals surface area (Å²) in [7, 11) is 0. The van der Waals surface area contributed by atoms with Gasteiger partial charge in [0.2, 0.25) is 0 Å². The first-order chi connectivity index (χ1) is 11.8. The van der Waals surface area contributed by atoms with E-state index < -0.39 is 12.1 Å². The molecule has 1 aromatic rings. The topological polar surface area (TPSA) is 74.6 Å². The Balaban J connectivity index is 1.98. The van der Waals surface area contributed by atoms with Gasteiger partial charge < -0.3 is 10.2 Å². The van der Waals surface area contributed by atoms with E-state index in [1.807, 2.05) is 31.2 Å². The number of aliphatic hydroxyl groups excluding tert-OH is 1. The van der Waals surface area contributed by atoms with Crippen LogP contribution >= 0.6 is 0 Å². The minimum atomic E-state index is -0.875. The van der Waals surface area contributed by atoms with Gasteiger partial charge in [0.05, 0.1) is 12.5 Å². The SMILES string of the molecule is CC1=C2CCC[C@H](O)[C@@]2(C)C/C(=C\c2cccc(CC(=O)O)c2)C1=O. The summed E-state index contributed by atoms with van der Waals surface area (Å²) in [6.07, 6.45) is 4.48. The number of Topliss-reactive ketones (excluding diaryl/α,β-unsaturated/α-hetero) is 1. The van der Waals surface area contributed by atoms with Crippen LogP contribution in [0, 0.1) is 5.41 Å². The average molecular weight is 340 g/mol. The number of aliphatic hydroxyl groups is 1. The Morgan fingerprint density at radius 3 is 2.88 bits per heavy atom. The smallest absolute Gasteiger partial charge is 0.307 e. The van der Waals surface area contributed by atoms with Crippen LogP contribution in [-0.2, 0) is 16.0 Å². The Labute approximate surface area is 147 Å². The molecule has 1 aromatic carbocycles. The molecule has 3 rings (SSSR count). The maximum absolute atomic E-state index is 12.8. The maximum Gasteiger partial charge on any atom is 0.307 e. The van der Waals surface area contributed by atoms with Gasteiger partial charge in [-0.05, 0) is 55.4 Å². The van der Waals surface area contributed by atoms with Crippen molar-refractivity contribution < 1.29 is 19.8 Å². The molecule has 4 nitrogen and oxygen atoms in total. The van der Waals surface area contributed by atoms with Crippen molar-refractivity contribution in [2.24, 2.45) is 5.41 Å². The normalized spacial score (nSPS) is 28.2. The molecule has 0 unspecified atom stereocenters. The number of aliphatic carboxylic acids is 1. The van der Waals surface area contributed by atoms with Crippen LogP contribution in [-0.4, -0.2) is 28.1 Å². The van der Waals surface area contributed by atoms with Gasteiger partial charge in [-0.15, -0.1) is 0 Å². The third kappa shape index (κ3) is 3.31. The molecule has 0 aromatic heterocycles. The van der Waals surface area contributed by atoms with E-state index in [2.05, 4.69) is 6.92 Å². The summed E-state index contributed by atoms with van der Waals surface area (Å²) in [6, 6.07) is 7.26. The molecule has 2 aliphatic carbocycles. The van der Waals surface area contributed by atoms with Crippen molar-refractivity contribution in [1.29, 1.82) is 0 Å². The van der Waals surface area contributed by atoms with Crippen molar-refractivity contribution in [2.75, 3.05) is 0 Å². The summed E-state index contributed by atoms with van der Waals surface area (Å²) in [5.74, 6) is -0.829. The van der Waals surface area contributed by atoms with Gasteiger partial charge in [-0.2, -0.15) is 0 Å². The van der Waals surface area contributed by atoms with E-state index in [0.717, 1.165) is 36.0 Å². The first-order valence-corrected chi connectivity index (χ1v) is 8.75. The van der Waals surface area contributed by atoms with E-state index in [-0.39, 0.29) is 17.6 Å². The van der Waals surface area contributed by atoms with Gasteiger partial charge >= 0.3 is 5.97 Å². The summed E-state index contributed by atoms with van der Waals surface area (Å²) in [5.41, 5.74) is 3.72. The number of carboxylic acid groups (broad SMARTS) is 1. The molecule has 4 heteroatoms. The molecule has 25 heavy (non-hydrogen) atoms. The Kier molecular flexibility index (Phi) is 4.65. The van der Waals surface area contributed by atoms with Gasteiger partial charge in [-0.3, -0.25) is 9.59 Å². The number of rotatable bonds is 3. The monoisotopic (exact) mass is 340 g/mol. The molecule has 0 heterocycles. The van der Waals surface area contributed by atoms with Crippen molar-refractivity contribution >= 4 is 17.8 Å². The zero-order chi connectivity index (χ0) is 18.2. The van der Waals surface area contributed by atoms with Crippen LogP contribution in [0.15, 0.2) is 41.0 Å². The average Bonchev–Trinajstić information content (AvgIpc) is 2.54. The minimum Gasteiger partial charge on any atom is -0.481 e. The summed E-state index contributed by atoms with van der Waals surface area (Å²) in [6.45, 7) is 3.92. The zero-order valence-electron chi connectivity index (χ0n) is 14.7. The van der Waals surface area contributed by atoms with Gasteiger partial charge in [0, 0.05) is 11.0 Å². The van der Waals surface area contributed by atoms with Crippen molar-refractivity contribution in [3.05, 3.63) is 52.1 Å². The highest BCUT2D eigenvalue weighted by molar-refractivity contribution is 6.12. The van der Waals surface area contributed by atoms with Crippen molar-refractivity contribution in [3.63, 3.8) is 0 Å². The van der Waals surface area contributed by atoms with Crippen LogP contribution in [0.3, 0.4) is 0 Å². The second-order valence-corrected chi connectivity index (χ2v) is 7.42. The molecule has 1 fully saturated rings. The fourth-order valence-electron chi connectivity index (χ4n) is 4.26.